The van der Waals surface area contributed by atoms with Gasteiger partial charge in [-0.3, -0.25) is 4.68 Å². The Morgan fingerprint density at radius 3 is 2.73 bits per heavy atom. The van der Waals surface area contributed by atoms with E-state index in [1.165, 1.54) is 7.11 Å². The van der Waals surface area contributed by atoms with Gasteiger partial charge in [-0.05, 0) is 24.5 Å². The van der Waals surface area contributed by atoms with E-state index in [2.05, 4.69) is 34.3 Å². The van der Waals surface area contributed by atoms with Crippen molar-refractivity contribution in [1.29, 1.82) is 0 Å². The molecule has 0 unspecified atom stereocenters. The summed E-state index contributed by atoms with van der Waals surface area (Å²) in [6.45, 7) is 5.11. The Morgan fingerprint density at radius 2 is 2.04 bits per heavy atom. The molecule has 0 bridgehead atoms. The van der Waals surface area contributed by atoms with E-state index in [1.54, 1.807) is 30.1 Å². The fourth-order valence-corrected chi connectivity index (χ4v) is 2.71. The number of rotatable bonds is 7. The summed E-state index contributed by atoms with van der Waals surface area (Å²) >= 11 is 6.40. The molecular weight excluding hydrogens is 358 g/mol. The molecule has 0 aliphatic rings. The molecule has 0 aliphatic carbocycles. The second-order valence-corrected chi connectivity index (χ2v) is 6.51. The fourth-order valence-electron chi connectivity index (χ4n) is 2.40. The quantitative estimate of drug-likeness (QED) is 0.620. The van der Waals surface area contributed by atoms with Gasteiger partial charge in [0.25, 0.3) is 5.89 Å². The van der Waals surface area contributed by atoms with E-state index in [9.17, 15) is 0 Å². The van der Waals surface area contributed by atoms with Crippen LogP contribution in [0.3, 0.4) is 0 Å². The number of aromatic nitrogens is 5. The van der Waals surface area contributed by atoms with Crippen molar-refractivity contribution in [2.75, 3.05) is 14.2 Å². The molecular formula is C17H20ClN5O3. The highest BCUT2D eigenvalue weighted by atomic mass is 35.5. The molecule has 1 aromatic carbocycles. The highest BCUT2D eigenvalue weighted by molar-refractivity contribution is 6.35. The van der Waals surface area contributed by atoms with Gasteiger partial charge in [-0.2, -0.15) is 4.98 Å². The summed E-state index contributed by atoms with van der Waals surface area (Å²) in [7, 11) is 3.06. The highest BCUT2D eigenvalue weighted by Gasteiger charge is 2.20. The zero-order valence-corrected chi connectivity index (χ0v) is 15.8. The van der Waals surface area contributed by atoms with Crippen LogP contribution in [-0.2, 0) is 6.54 Å². The predicted octanol–water partition coefficient (Wildman–Crippen LogP) is 3.71. The molecule has 0 amide bonds. The van der Waals surface area contributed by atoms with Crippen molar-refractivity contribution >= 4 is 11.6 Å². The van der Waals surface area contributed by atoms with Gasteiger partial charge >= 0.3 is 0 Å². The zero-order valence-electron chi connectivity index (χ0n) is 15.1. The minimum atomic E-state index is 0.279. The molecule has 138 valence electrons. The summed E-state index contributed by atoms with van der Waals surface area (Å²) in [5.74, 6) is 2.14. The average molecular weight is 378 g/mol. The number of nitrogens with zero attached hydrogens (tertiary/aromatic N) is 5. The number of benzene rings is 1. The summed E-state index contributed by atoms with van der Waals surface area (Å²) in [6.07, 6.45) is 2.80. The number of hydrogen-bond donors (Lipinski definition) is 0. The third-order valence-electron chi connectivity index (χ3n) is 3.85. The van der Waals surface area contributed by atoms with E-state index in [0.29, 0.717) is 39.5 Å². The summed E-state index contributed by atoms with van der Waals surface area (Å²) in [5, 5.41) is 12.5. The van der Waals surface area contributed by atoms with Crippen LogP contribution in [-0.4, -0.2) is 39.4 Å². The number of halogens is 1. The Hall–Kier alpha value is -2.61. The van der Waals surface area contributed by atoms with Crippen molar-refractivity contribution < 1.29 is 14.0 Å². The van der Waals surface area contributed by atoms with Gasteiger partial charge in [-0.25, -0.2) is 0 Å². The van der Waals surface area contributed by atoms with Crippen molar-refractivity contribution in [3.05, 3.63) is 23.4 Å². The van der Waals surface area contributed by atoms with E-state index in [4.69, 9.17) is 25.6 Å². The van der Waals surface area contributed by atoms with Crippen LogP contribution in [0.15, 0.2) is 22.9 Å². The SMILES string of the molecule is COc1ccc(-c2noc(-c3cn(CCC(C)C)nn3)n2)c(Cl)c1OC. The molecule has 2 heterocycles. The number of ether oxygens (including phenoxy) is 2. The van der Waals surface area contributed by atoms with Crippen LogP contribution in [0.5, 0.6) is 11.5 Å². The lowest BCUT2D eigenvalue weighted by Gasteiger charge is -2.10. The van der Waals surface area contributed by atoms with Crippen LogP contribution >= 0.6 is 11.6 Å². The van der Waals surface area contributed by atoms with Crippen molar-refractivity contribution in [3.8, 4) is 34.5 Å². The van der Waals surface area contributed by atoms with E-state index >= 15 is 0 Å². The maximum absolute atomic E-state index is 6.40. The first kappa shape index (κ1) is 18.2. The molecule has 3 rings (SSSR count). The Bertz CT molecular complexity index is 890. The van der Waals surface area contributed by atoms with Gasteiger partial charge in [-0.1, -0.05) is 35.8 Å². The predicted molar refractivity (Wildman–Crippen MR) is 96.3 cm³/mol. The molecule has 0 saturated heterocycles. The molecule has 0 spiro atoms. The normalized spacial score (nSPS) is 11.2. The first-order valence-corrected chi connectivity index (χ1v) is 8.56. The monoisotopic (exact) mass is 377 g/mol. The molecule has 3 aromatic rings. The first-order chi connectivity index (χ1) is 12.5. The molecule has 0 radical (unpaired) electrons. The first-order valence-electron chi connectivity index (χ1n) is 8.18. The topological polar surface area (TPSA) is 88.1 Å². The summed E-state index contributed by atoms with van der Waals surface area (Å²) in [4.78, 5) is 4.38. The average Bonchev–Trinajstić information content (AvgIpc) is 3.28. The lowest BCUT2D eigenvalue weighted by molar-refractivity contribution is 0.355. The Morgan fingerprint density at radius 1 is 1.23 bits per heavy atom. The van der Waals surface area contributed by atoms with E-state index in [0.717, 1.165) is 13.0 Å². The van der Waals surface area contributed by atoms with Gasteiger partial charge in [0.15, 0.2) is 17.2 Å². The van der Waals surface area contributed by atoms with Crippen LogP contribution in [0.1, 0.15) is 20.3 Å². The minimum Gasteiger partial charge on any atom is -0.493 e. The Labute approximate surface area is 156 Å². The Kier molecular flexibility index (Phi) is 5.41. The highest BCUT2D eigenvalue weighted by Crippen LogP contribution is 2.41. The molecule has 0 N–H and O–H groups in total. The van der Waals surface area contributed by atoms with Crippen molar-refractivity contribution in [2.45, 2.75) is 26.8 Å². The standard InChI is InChI=1S/C17H20ClN5O3/c1-10(2)7-8-23-9-12(20-22-23)17-19-16(21-26-17)11-5-6-13(24-3)15(25-4)14(11)18/h5-6,9-10H,7-8H2,1-4H3. The lowest BCUT2D eigenvalue weighted by Crippen LogP contribution is -2.01. The second kappa shape index (κ2) is 7.74. The van der Waals surface area contributed by atoms with Crippen LogP contribution < -0.4 is 9.47 Å². The number of aryl methyl sites for hydroxylation is 1. The van der Waals surface area contributed by atoms with Crippen molar-refractivity contribution in [3.63, 3.8) is 0 Å². The van der Waals surface area contributed by atoms with Crippen molar-refractivity contribution in [1.82, 2.24) is 25.1 Å². The summed E-state index contributed by atoms with van der Waals surface area (Å²) in [5.41, 5.74) is 1.09. The van der Waals surface area contributed by atoms with Crippen LogP contribution in [0.25, 0.3) is 23.0 Å². The molecule has 8 nitrogen and oxygen atoms in total. The Balaban J connectivity index is 1.87. The van der Waals surface area contributed by atoms with Gasteiger partial charge in [0.1, 0.15) is 0 Å². The van der Waals surface area contributed by atoms with E-state index < -0.39 is 0 Å². The van der Waals surface area contributed by atoms with Gasteiger partial charge in [0, 0.05) is 12.1 Å². The van der Waals surface area contributed by atoms with Crippen LogP contribution in [0.2, 0.25) is 5.02 Å². The smallest absolute Gasteiger partial charge is 0.280 e. The summed E-state index contributed by atoms with van der Waals surface area (Å²) in [6, 6.07) is 3.48. The minimum absolute atomic E-state index is 0.279. The molecule has 0 saturated carbocycles. The van der Waals surface area contributed by atoms with Gasteiger partial charge in [0.05, 0.1) is 25.4 Å². The van der Waals surface area contributed by atoms with Crippen LogP contribution in [0, 0.1) is 5.92 Å². The second-order valence-electron chi connectivity index (χ2n) is 6.14. The van der Waals surface area contributed by atoms with Gasteiger partial charge in [-0.15, -0.1) is 5.10 Å². The fraction of sp³-hybridized carbons (Fsp3) is 0.412. The third-order valence-corrected chi connectivity index (χ3v) is 4.22. The van der Waals surface area contributed by atoms with Gasteiger partial charge < -0.3 is 14.0 Å². The molecule has 26 heavy (non-hydrogen) atoms. The molecule has 0 atom stereocenters. The number of methoxy groups -OCH3 is 2. The van der Waals surface area contributed by atoms with E-state index in [1.807, 2.05) is 0 Å². The lowest BCUT2D eigenvalue weighted by atomic mass is 10.1. The number of hydrogen-bond acceptors (Lipinski definition) is 7. The maximum atomic E-state index is 6.40. The van der Waals surface area contributed by atoms with Crippen LogP contribution in [0.4, 0.5) is 0 Å². The molecule has 0 fully saturated rings. The molecule has 2 aromatic heterocycles. The maximum Gasteiger partial charge on any atom is 0.280 e. The summed E-state index contributed by atoms with van der Waals surface area (Å²) < 4.78 is 17.6. The third kappa shape index (κ3) is 3.65. The van der Waals surface area contributed by atoms with Crippen molar-refractivity contribution in [2.24, 2.45) is 5.92 Å². The molecule has 9 heteroatoms. The van der Waals surface area contributed by atoms with Gasteiger partial charge in [0.2, 0.25) is 5.82 Å². The largest absolute Gasteiger partial charge is 0.493 e. The molecule has 0 aliphatic heterocycles. The van der Waals surface area contributed by atoms with E-state index in [-0.39, 0.29) is 5.89 Å². The zero-order chi connectivity index (χ0) is 18.7.